The van der Waals surface area contributed by atoms with Gasteiger partial charge < -0.3 is 0 Å². The molecule has 0 aliphatic heterocycles. The molecule has 4 aromatic heterocycles. The van der Waals surface area contributed by atoms with Crippen LogP contribution in [0.5, 0.6) is 0 Å². The minimum Gasteiger partial charge on any atom is -0.244 e. The quantitative estimate of drug-likeness (QED) is 0.446. The number of aromatic nitrogens is 2. The molecule has 0 atom stereocenters. The number of rotatable bonds is 0. The fourth-order valence-electron chi connectivity index (χ4n) is 1.87. The summed E-state index contributed by atoms with van der Waals surface area (Å²) in [6.45, 7) is 0. The van der Waals surface area contributed by atoms with E-state index in [0.29, 0.717) is 16.1 Å². The highest BCUT2D eigenvalue weighted by Crippen LogP contribution is 2.28. The van der Waals surface area contributed by atoms with Gasteiger partial charge in [0.05, 0.1) is 16.1 Å². The summed E-state index contributed by atoms with van der Waals surface area (Å²) in [4.78, 5) is 10.1. The second-order valence-electron chi connectivity index (χ2n) is 4.42. The van der Waals surface area contributed by atoms with Crippen molar-refractivity contribution in [1.82, 2.24) is 9.97 Å². The van der Waals surface area contributed by atoms with E-state index in [4.69, 9.17) is 22.1 Å². The molecule has 0 unspecified atom stereocenters. The second kappa shape index (κ2) is 6.72. The molecule has 0 fully saturated rings. The Morgan fingerprint density at radius 2 is 1.65 bits per heavy atom. The summed E-state index contributed by atoms with van der Waals surface area (Å²) >= 11 is 8.93. The van der Waals surface area contributed by atoms with Gasteiger partial charge in [-0.25, -0.2) is 9.97 Å². The number of hydrogen-bond acceptors (Lipinski definition) is 6. The first-order chi connectivity index (χ1) is 11.2. The van der Waals surface area contributed by atoms with E-state index in [0.717, 1.165) is 20.4 Å². The van der Waals surface area contributed by atoms with Gasteiger partial charge in [0.15, 0.2) is 0 Å². The Kier molecular flexibility index (Phi) is 4.50. The molecule has 0 saturated heterocycles. The minimum atomic E-state index is 0.544. The van der Waals surface area contributed by atoms with Gasteiger partial charge in [0.25, 0.3) is 0 Å². The lowest BCUT2D eigenvalue weighted by Crippen LogP contribution is -1.76. The summed E-state index contributed by atoms with van der Waals surface area (Å²) in [5.74, 6) is 0. The van der Waals surface area contributed by atoms with E-state index in [9.17, 15) is 0 Å². The summed E-state index contributed by atoms with van der Waals surface area (Å²) in [5, 5.41) is 23.5. The Morgan fingerprint density at radius 3 is 2.39 bits per heavy atom. The minimum absolute atomic E-state index is 0.544. The lowest BCUT2D eigenvalue weighted by molar-refractivity contribution is 1.39. The molecule has 7 heteroatoms. The number of halogens is 1. The summed E-state index contributed by atoms with van der Waals surface area (Å²) in [5.41, 5.74) is 1.17. The molecule has 0 aromatic carbocycles. The Morgan fingerprint density at radius 1 is 0.957 bits per heavy atom. The number of pyridine rings is 2. The zero-order valence-electron chi connectivity index (χ0n) is 11.5. The Labute approximate surface area is 144 Å². The van der Waals surface area contributed by atoms with Crippen molar-refractivity contribution in [3.8, 4) is 12.1 Å². The highest BCUT2D eigenvalue weighted by molar-refractivity contribution is 7.17. The van der Waals surface area contributed by atoms with Crippen LogP contribution in [0.4, 0.5) is 0 Å². The molecule has 0 bridgehead atoms. The van der Waals surface area contributed by atoms with E-state index in [1.807, 2.05) is 29.0 Å². The van der Waals surface area contributed by atoms with Gasteiger partial charge >= 0.3 is 0 Å². The van der Waals surface area contributed by atoms with Crippen LogP contribution in [0.1, 0.15) is 11.1 Å². The van der Waals surface area contributed by atoms with Crippen molar-refractivity contribution in [1.29, 1.82) is 10.5 Å². The van der Waals surface area contributed by atoms with Gasteiger partial charge in [-0.05, 0) is 23.6 Å². The summed E-state index contributed by atoms with van der Waals surface area (Å²) in [6.07, 6.45) is 3.15. The maximum Gasteiger partial charge on any atom is 0.124 e. The molecular formula is C16H7ClN4S2. The molecule has 0 amide bonds. The maximum atomic E-state index is 8.60. The molecule has 110 valence electrons. The predicted molar refractivity (Wildman–Crippen MR) is 93.7 cm³/mol. The zero-order chi connectivity index (χ0) is 16.2. The SMILES string of the molecule is N#Cc1cnc2scc(Cl)c2c1.N#Cc1cnc2sccc2c1. The standard InChI is InChI=1S/C8H3ClN2S.C8H4N2S/c9-7-4-12-8-6(7)1-5(2-10)3-11-8;9-4-6-3-7-1-2-11-8(7)10-5-6/h1,3-4H;1-3,5H. The van der Waals surface area contributed by atoms with Gasteiger partial charge in [-0.1, -0.05) is 11.6 Å². The topological polar surface area (TPSA) is 73.4 Å². The fraction of sp³-hybridized carbons (Fsp3) is 0. The average Bonchev–Trinajstić information content (AvgIpc) is 3.21. The van der Waals surface area contributed by atoms with Crippen molar-refractivity contribution in [3.05, 3.63) is 57.5 Å². The molecule has 0 N–H and O–H groups in total. The number of thiophene rings is 2. The average molecular weight is 355 g/mol. The Bertz CT molecular complexity index is 1070. The van der Waals surface area contributed by atoms with Crippen molar-refractivity contribution < 1.29 is 0 Å². The van der Waals surface area contributed by atoms with Crippen molar-refractivity contribution in [2.75, 3.05) is 0 Å². The van der Waals surface area contributed by atoms with Crippen LogP contribution in [0.25, 0.3) is 20.4 Å². The van der Waals surface area contributed by atoms with Crippen LogP contribution in [0.15, 0.2) is 41.4 Å². The number of fused-ring (bicyclic) bond motifs is 2. The molecule has 4 rings (SSSR count). The monoisotopic (exact) mass is 354 g/mol. The van der Waals surface area contributed by atoms with E-state index in [1.54, 1.807) is 29.8 Å². The smallest absolute Gasteiger partial charge is 0.124 e. The van der Waals surface area contributed by atoms with Gasteiger partial charge in [0, 0.05) is 28.5 Å². The van der Waals surface area contributed by atoms with Crippen molar-refractivity contribution in [2.24, 2.45) is 0 Å². The van der Waals surface area contributed by atoms with E-state index in [-0.39, 0.29) is 0 Å². The predicted octanol–water partition coefficient (Wildman–Crippen LogP) is 4.99. The van der Waals surface area contributed by atoms with E-state index >= 15 is 0 Å². The highest BCUT2D eigenvalue weighted by atomic mass is 35.5. The zero-order valence-corrected chi connectivity index (χ0v) is 13.9. The summed E-state index contributed by atoms with van der Waals surface area (Å²) in [7, 11) is 0. The summed E-state index contributed by atoms with van der Waals surface area (Å²) < 4.78 is 0. The van der Waals surface area contributed by atoms with Crippen LogP contribution >= 0.6 is 34.3 Å². The third-order valence-electron chi connectivity index (χ3n) is 2.95. The maximum absolute atomic E-state index is 8.60. The van der Waals surface area contributed by atoms with Gasteiger partial charge in [0.2, 0.25) is 0 Å². The number of nitrogens with zero attached hydrogens (tertiary/aromatic N) is 4. The van der Waals surface area contributed by atoms with Gasteiger partial charge in [-0.2, -0.15) is 10.5 Å². The van der Waals surface area contributed by atoms with E-state index in [2.05, 4.69) is 16.0 Å². The van der Waals surface area contributed by atoms with E-state index < -0.39 is 0 Å². The van der Waals surface area contributed by atoms with E-state index in [1.165, 1.54) is 11.3 Å². The van der Waals surface area contributed by atoms with Crippen molar-refractivity contribution >= 4 is 54.7 Å². The molecule has 23 heavy (non-hydrogen) atoms. The number of hydrogen-bond donors (Lipinski definition) is 0. The molecule has 4 heterocycles. The van der Waals surface area contributed by atoms with Gasteiger partial charge in [0.1, 0.15) is 21.8 Å². The molecule has 0 saturated carbocycles. The molecule has 0 aliphatic rings. The molecule has 4 aromatic rings. The van der Waals surface area contributed by atoms with Crippen LogP contribution in [-0.2, 0) is 0 Å². The fourth-order valence-corrected chi connectivity index (χ4v) is 3.67. The molecular weight excluding hydrogens is 348 g/mol. The third-order valence-corrected chi connectivity index (χ3v) is 5.13. The van der Waals surface area contributed by atoms with Crippen LogP contribution in [-0.4, -0.2) is 9.97 Å². The summed E-state index contributed by atoms with van der Waals surface area (Å²) in [6, 6.07) is 9.63. The second-order valence-corrected chi connectivity index (χ2v) is 6.58. The first kappa shape index (κ1) is 15.4. The number of nitriles is 2. The van der Waals surface area contributed by atoms with Crippen LogP contribution in [0, 0.1) is 22.7 Å². The normalized spacial score (nSPS) is 9.87. The van der Waals surface area contributed by atoms with Gasteiger partial charge in [-0.3, -0.25) is 0 Å². The molecule has 0 radical (unpaired) electrons. The molecule has 4 nitrogen and oxygen atoms in total. The van der Waals surface area contributed by atoms with Crippen molar-refractivity contribution in [2.45, 2.75) is 0 Å². The Balaban J connectivity index is 0.000000136. The largest absolute Gasteiger partial charge is 0.244 e. The van der Waals surface area contributed by atoms with Gasteiger partial charge in [-0.15, -0.1) is 22.7 Å². The first-order valence-electron chi connectivity index (χ1n) is 6.37. The van der Waals surface area contributed by atoms with Crippen LogP contribution in [0.3, 0.4) is 0 Å². The van der Waals surface area contributed by atoms with Crippen LogP contribution in [0.2, 0.25) is 5.02 Å². The lowest BCUT2D eigenvalue weighted by Gasteiger charge is -1.89. The Hall–Kier alpha value is -2.51. The third kappa shape index (κ3) is 3.30. The lowest BCUT2D eigenvalue weighted by atomic mass is 10.2. The highest BCUT2D eigenvalue weighted by Gasteiger charge is 2.03. The molecule has 0 aliphatic carbocycles. The molecule has 0 spiro atoms. The first-order valence-corrected chi connectivity index (χ1v) is 8.51. The van der Waals surface area contributed by atoms with Crippen LogP contribution < -0.4 is 0 Å². The van der Waals surface area contributed by atoms with Crippen molar-refractivity contribution in [3.63, 3.8) is 0 Å².